The van der Waals surface area contributed by atoms with Crippen LogP contribution in [0, 0.1) is 5.92 Å². The van der Waals surface area contributed by atoms with Gasteiger partial charge in [-0.3, -0.25) is 9.59 Å². The summed E-state index contributed by atoms with van der Waals surface area (Å²) in [6, 6.07) is 8.19. The van der Waals surface area contributed by atoms with E-state index in [0.717, 1.165) is 18.4 Å². The highest BCUT2D eigenvalue weighted by Gasteiger charge is 2.28. The fourth-order valence-corrected chi connectivity index (χ4v) is 3.02. The average molecular weight is 360 g/mol. The summed E-state index contributed by atoms with van der Waals surface area (Å²) in [4.78, 5) is 36.6. The van der Waals surface area contributed by atoms with Gasteiger partial charge < -0.3 is 15.4 Å². The maximum absolute atomic E-state index is 12.6. The van der Waals surface area contributed by atoms with Crippen LogP contribution in [-0.4, -0.2) is 29.9 Å². The van der Waals surface area contributed by atoms with E-state index < -0.39 is 18.2 Å². The minimum Gasteiger partial charge on any atom is -0.445 e. The second-order valence-corrected chi connectivity index (χ2v) is 7.16. The van der Waals surface area contributed by atoms with Gasteiger partial charge in [0.25, 0.3) is 0 Å². The van der Waals surface area contributed by atoms with Crippen LogP contribution in [0.3, 0.4) is 0 Å². The number of carbonyl (C=O) groups excluding carboxylic acids is 3. The summed E-state index contributed by atoms with van der Waals surface area (Å²) in [7, 11) is 0. The highest BCUT2D eigenvalue weighted by molar-refractivity contribution is 5.92. The molecule has 1 fully saturated rings. The summed E-state index contributed by atoms with van der Waals surface area (Å²) < 4.78 is 5.20. The van der Waals surface area contributed by atoms with Gasteiger partial charge >= 0.3 is 6.09 Å². The van der Waals surface area contributed by atoms with Crippen LogP contribution in [0.15, 0.2) is 30.3 Å². The number of hydrogen-bond donors (Lipinski definition) is 2. The topological polar surface area (TPSA) is 84.5 Å². The summed E-state index contributed by atoms with van der Waals surface area (Å²) >= 11 is 0. The van der Waals surface area contributed by atoms with Crippen LogP contribution in [0.5, 0.6) is 0 Å². The van der Waals surface area contributed by atoms with Crippen LogP contribution >= 0.6 is 0 Å². The van der Waals surface area contributed by atoms with E-state index in [9.17, 15) is 14.4 Å². The van der Waals surface area contributed by atoms with E-state index >= 15 is 0 Å². The van der Waals surface area contributed by atoms with Gasteiger partial charge in [0.05, 0.1) is 6.04 Å². The summed E-state index contributed by atoms with van der Waals surface area (Å²) in [5, 5.41) is 5.43. The van der Waals surface area contributed by atoms with Gasteiger partial charge in [0, 0.05) is 6.42 Å². The Morgan fingerprint density at radius 3 is 2.58 bits per heavy atom. The largest absolute Gasteiger partial charge is 0.445 e. The zero-order valence-electron chi connectivity index (χ0n) is 15.5. The quantitative estimate of drug-likeness (QED) is 0.783. The van der Waals surface area contributed by atoms with Crippen molar-refractivity contribution >= 4 is 17.8 Å². The van der Waals surface area contributed by atoms with Gasteiger partial charge in [-0.2, -0.15) is 0 Å². The fraction of sp³-hybridized carbons (Fsp3) is 0.550. The molecule has 1 aromatic carbocycles. The zero-order chi connectivity index (χ0) is 18.9. The van der Waals surface area contributed by atoms with E-state index in [1.54, 1.807) is 0 Å². The maximum Gasteiger partial charge on any atom is 0.408 e. The molecular formula is C20H28N2O4. The smallest absolute Gasteiger partial charge is 0.408 e. The number of Topliss-reactive ketones (excluding diaryl/α,β-unsaturated/α-hetero) is 1. The zero-order valence-corrected chi connectivity index (χ0v) is 15.5. The molecule has 2 rings (SSSR count). The van der Waals surface area contributed by atoms with Crippen LogP contribution in [0.1, 0.15) is 51.5 Å². The third-order valence-electron chi connectivity index (χ3n) is 4.40. The molecule has 1 aliphatic rings. The Balaban J connectivity index is 1.89. The summed E-state index contributed by atoms with van der Waals surface area (Å²) in [5.41, 5.74) is 0.875. The number of benzene rings is 1. The Morgan fingerprint density at radius 2 is 1.92 bits per heavy atom. The maximum atomic E-state index is 12.6. The predicted octanol–water partition coefficient (Wildman–Crippen LogP) is 2.96. The standard InChI is InChI=1S/C20H28N2O4/c1-14(2)12-17(19(24)21-16-10-6-7-11-18(16)23)22-20(25)26-13-15-8-4-3-5-9-15/h3-5,8-9,14,16-17H,6-7,10-13H2,1-2H3,(H,21,24)(H,22,25)/t16?,17-/m0/s1. The number of hydrogen-bond acceptors (Lipinski definition) is 4. The van der Waals surface area contributed by atoms with Gasteiger partial charge in [0.2, 0.25) is 5.91 Å². The number of rotatable bonds is 7. The normalized spacial score (nSPS) is 18.3. The molecule has 2 atom stereocenters. The van der Waals surface area contributed by atoms with E-state index in [-0.39, 0.29) is 24.2 Å². The molecule has 1 aliphatic carbocycles. The highest BCUT2D eigenvalue weighted by Crippen LogP contribution is 2.15. The lowest BCUT2D eigenvalue weighted by Crippen LogP contribution is -2.52. The molecule has 0 aliphatic heterocycles. The Morgan fingerprint density at radius 1 is 1.19 bits per heavy atom. The van der Waals surface area contributed by atoms with Crippen molar-refractivity contribution in [1.29, 1.82) is 0 Å². The van der Waals surface area contributed by atoms with E-state index in [1.807, 2.05) is 44.2 Å². The fourth-order valence-electron chi connectivity index (χ4n) is 3.02. The third kappa shape index (κ3) is 6.50. The molecule has 1 unspecified atom stereocenters. The summed E-state index contributed by atoms with van der Waals surface area (Å²) in [6.45, 7) is 4.09. The van der Waals surface area contributed by atoms with Crippen molar-refractivity contribution in [3.63, 3.8) is 0 Å². The van der Waals surface area contributed by atoms with Crippen molar-refractivity contribution in [1.82, 2.24) is 10.6 Å². The molecule has 0 aromatic heterocycles. The second-order valence-electron chi connectivity index (χ2n) is 7.16. The van der Waals surface area contributed by atoms with Crippen molar-refractivity contribution in [2.45, 2.75) is 64.6 Å². The van der Waals surface area contributed by atoms with Crippen molar-refractivity contribution in [2.24, 2.45) is 5.92 Å². The lowest BCUT2D eigenvalue weighted by molar-refractivity contribution is -0.130. The minimum absolute atomic E-state index is 0.0690. The summed E-state index contributed by atoms with van der Waals surface area (Å²) in [5.74, 6) is -0.0441. The van der Waals surface area contributed by atoms with Crippen molar-refractivity contribution < 1.29 is 19.1 Å². The van der Waals surface area contributed by atoms with Crippen molar-refractivity contribution in [3.8, 4) is 0 Å². The Bertz CT molecular complexity index is 615. The Kier molecular flexibility index (Phi) is 7.63. The number of alkyl carbamates (subject to hydrolysis) is 1. The first-order chi connectivity index (χ1) is 12.5. The molecule has 0 heterocycles. The molecule has 1 aromatic rings. The molecule has 6 nitrogen and oxygen atoms in total. The first-order valence-corrected chi connectivity index (χ1v) is 9.26. The predicted molar refractivity (Wildman–Crippen MR) is 98.4 cm³/mol. The van der Waals surface area contributed by atoms with E-state index in [2.05, 4.69) is 10.6 Å². The van der Waals surface area contributed by atoms with Crippen LogP contribution in [-0.2, 0) is 20.9 Å². The number of ketones is 1. The molecule has 142 valence electrons. The number of ether oxygens (including phenoxy) is 1. The molecule has 0 bridgehead atoms. The number of amides is 2. The van der Waals surface area contributed by atoms with E-state index in [0.29, 0.717) is 19.3 Å². The van der Waals surface area contributed by atoms with Gasteiger partial charge in [0.15, 0.2) is 5.78 Å². The molecule has 0 saturated heterocycles. The van der Waals surface area contributed by atoms with Gasteiger partial charge in [-0.25, -0.2) is 4.79 Å². The molecule has 26 heavy (non-hydrogen) atoms. The first kappa shape index (κ1) is 19.9. The third-order valence-corrected chi connectivity index (χ3v) is 4.40. The first-order valence-electron chi connectivity index (χ1n) is 9.26. The van der Waals surface area contributed by atoms with Crippen LogP contribution < -0.4 is 10.6 Å². The molecule has 6 heteroatoms. The monoisotopic (exact) mass is 360 g/mol. The van der Waals surface area contributed by atoms with Crippen LogP contribution in [0.25, 0.3) is 0 Å². The van der Waals surface area contributed by atoms with Gasteiger partial charge in [-0.15, -0.1) is 0 Å². The van der Waals surface area contributed by atoms with E-state index in [1.165, 1.54) is 0 Å². The second kappa shape index (κ2) is 9.94. The Hall–Kier alpha value is -2.37. The molecule has 0 radical (unpaired) electrons. The Labute approximate surface area is 154 Å². The molecule has 2 amide bonds. The van der Waals surface area contributed by atoms with Gasteiger partial charge in [0.1, 0.15) is 12.6 Å². The van der Waals surface area contributed by atoms with Gasteiger partial charge in [-0.1, -0.05) is 50.6 Å². The molecule has 0 spiro atoms. The summed E-state index contributed by atoms with van der Waals surface area (Å²) in [6.07, 6.45) is 2.82. The number of nitrogens with one attached hydrogen (secondary N) is 2. The SMILES string of the molecule is CC(C)C[C@H](NC(=O)OCc1ccccc1)C(=O)NC1CCCCC1=O. The lowest BCUT2D eigenvalue weighted by atomic mass is 9.93. The van der Waals surface area contributed by atoms with Gasteiger partial charge in [-0.05, 0) is 30.7 Å². The van der Waals surface area contributed by atoms with Crippen LogP contribution in [0.4, 0.5) is 4.79 Å². The molecule has 1 saturated carbocycles. The number of carbonyl (C=O) groups is 3. The minimum atomic E-state index is -0.715. The highest BCUT2D eigenvalue weighted by atomic mass is 16.5. The molecular weight excluding hydrogens is 332 g/mol. The lowest BCUT2D eigenvalue weighted by Gasteiger charge is -2.25. The van der Waals surface area contributed by atoms with Crippen molar-refractivity contribution in [2.75, 3.05) is 0 Å². The van der Waals surface area contributed by atoms with Crippen LogP contribution in [0.2, 0.25) is 0 Å². The molecule has 2 N–H and O–H groups in total. The van der Waals surface area contributed by atoms with Crippen molar-refractivity contribution in [3.05, 3.63) is 35.9 Å². The average Bonchev–Trinajstić information content (AvgIpc) is 2.62. The van der Waals surface area contributed by atoms with E-state index in [4.69, 9.17) is 4.74 Å².